The van der Waals surface area contributed by atoms with Crippen molar-refractivity contribution in [3.05, 3.63) is 22.4 Å². The van der Waals surface area contributed by atoms with E-state index in [-0.39, 0.29) is 23.8 Å². The van der Waals surface area contributed by atoms with Crippen molar-refractivity contribution in [3.8, 4) is 0 Å². The van der Waals surface area contributed by atoms with Crippen molar-refractivity contribution in [3.63, 3.8) is 0 Å². The molecule has 0 bridgehead atoms. The summed E-state index contributed by atoms with van der Waals surface area (Å²) in [4.78, 5) is 46.6. The molecule has 0 N–H and O–H groups in total. The Kier molecular flexibility index (Phi) is 6.46. The molecule has 29 heavy (non-hydrogen) atoms. The van der Waals surface area contributed by atoms with Gasteiger partial charge < -0.3 is 19.4 Å². The Morgan fingerprint density at radius 1 is 1.00 bits per heavy atom. The number of amides is 3. The van der Waals surface area contributed by atoms with Gasteiger partial charge in [-0.2, -0.15) is 0 Å². The Balaban J connectivity index is 1.29. The van der Waals surface area contributed by atoms with Crippen molar-refractivity contribution < 1.29 is 19.1 Å². The van der Waals surface area contributed by atoms with Crippen LogP contribution < -0.4 is 0 Å². The molecule has 8 nitrogen and oxygen atoms in total. The van der Waals surface area contributed by atoms with Crippen LogP contribution in [0.2, 0.25) is 0 Å². The highest BCUT2D eigenvalue weighted by molar-refractivity contribution is 7.12. The van der Waals surface area contributed by atoms with Gasteiger partial charge in [-0.1, -0.05) is 6.07 Å². The summed E-state index contributed by atoms with van der Waals surface area (Å²) in [5.41, 5.74) is 0. The lowest BCUT2D eigenvalue weighted by molar-refractivity contribution is -0.142. The maximum absolute atomic E-state index is 13.1. The third kappa shape index (κ3) is 4.62. The molecule has 1 aromatic heterocycles. The Morgan fingerprint density at radius 3 is 2.41 bits per heavy atom. The third-order valence-electron chi connectivity index (χ3n) is 5.94. The number of carbonyl (C=O) groups is 3. The minimum Gasteiger partial charge on any atom is -0.379 e. The van der Waals surface area contributed by atoms with Crippen LogP contribution in [0.25, 0.3) is 0 Å². The minimum absolute atomic E-state index is 0.0210. The molecule has 158 valence electrons. The second-order valence-electron chi connectivity index (χ2n) is 7.73. The lowest BCUT2D eigenvalue weighted by Crippen LogP contribution is -2.56. The van der Waals surface area contributed by atoms with E-state index in [0.717, 1.165) is 19.5 Å². The maximum atomic E-state index is 13.1. The zero-order valence-corrected chi connectivity index (χ0v) is 17.4. The maximum Gasteiger partial charge on any atom is 0.264 e. The summed E-state index contributed by atoms with van der Waals surface area (Å²) in [6, 6.07) is 3.30. The molecule has 3 saturated heterocycles. The number of hydrogen-bond donors (Lipinski definition) is 0. The molecule has 9 heteroatoms. The second kappa shape index (κ2) is 9.23. The Bertz CT molecular complexity index is 727. The number of ether oxygens (including phenoxy) is 1. The molecule has 0 spiro atoms. The Hall–Kier alpha value is -1.97. The number of morpholine rings is 1. The highest BCUT2D eigenvalue weighted by Gasteiger charge is 2.38. The van der Waals surface area contributed by atoms with Crippen molar-refractivity contribution in [2.24, 2.45) is 0 Å². The molecule has 0 radical (unpaired) electrons. The fourth-order valence-corrected chi connectivity index (χ4v) is 4.92. The van der Waals surface area contributed by atoms with Gasteiger partial charge in [0.15, 0.2) is 0 Å². The average Bonchev–Trinajstić information content (AvgIpc) is 3.46. The molecule has 0 aromatic carbocycles. The summed E-state index contributed by atoms with van der Waals surface area (Å²) < 4.78 is 5.33. The van der Waals surface area contributed by atoms with Crippen molar-refractivity contribution in [1.82, 2.24) is 19.6 Å². The second-order valence-corrected chi connectivity index (χ2v) is 8.68. The van der Waals surface area contributed by atoms with E-state index in [4.69, 9.17) is 4.74 Å². The fraction of sp³-hybridized carbons (Fsp3) is 0.650. The first-order chi connectivity index (χ1) is 14.1. The van der Waals surface area contributed by atoms with Gasteiger partial charge in [-0.25, -0.2) is 0 Å². The number of piperazine rings is 1. The summed E-state index contributed by atoms with van der Waals surface area (Å²) in [5, 5.41) is 1.88. The topological polar surface area (TPSA) is 73.4 Å². The summed E-state index contributed by atoms with van der Waals surface area (Å²) in [6.07, 6.45) is 1.57. The lowest BCUT2D eigenvalue weighted by atomic mass is 10.1. The first-order valence-corrected chi connectivity index (χ1v) is 11.2. The van der Waals surface area contributed by atoms with Crippen LogP contribution in [-0.4, -0.2) is 109 Å². The SMILES string of the molecule is O=C(CN1CCOCC1)N1CCN(C(=O)[C@@H]2CCCN2C(=O)c2cccs2)CC1. The van der Waals surface area contributed by atoms with Crippen LogP contribution >= 0.6 is 11.3 Å². The van der Waals surface area contributed by atoms with Gasteiger partial charge in [-0.3, -0.25) is 19.3 Å². The molecule has 1 aromatic rings. The van der Waals surface area contributed by atoms with E-state index in [1.54, 1.807) is 4.90 Å². The van der Waals surface area contributed by atoms with E-state index < -0.39 is 0 Å². The van der Waals surface area contributed by atoms with Crippen molar-refractivity contribution in [2.75, 3.05) is 65.6 Å². The molecular weight excluding hydrogens is 392 g/mol. The molecule has 0 unspecified atom stereocenters. The van der Waals surface area contributed by atoms with Gasteiger partial charge in [0.2, 0.25) is 11.8 Å². The lowest BCUT2D eigenvalue weighted by Gasteiger charge is -2.38. The van der Waals surface area contributed by atoms with Gasteiger partial charge in [0, 0.05) is 45.8 Å². The molecule has 3 aliphatic heterocycles. The van der Waals surface area contributed by atoms with Crippen LogP contribution in [0, 0.1) is 0 Å². The first kappa shape index (κ1) is 20.3. The highest BCUT2D eigenvalue weighted by atomic mass is 32.1. The van der Waals surface area contributed by atoms with Crippen molar-refractivity contribution >= 4 is 29.1 Å². The smallest absolute Gasteiger partial charge is 0.264 e. The van der Waals surface area contributed by atoms with Gasteiger partial charge in [-0.05, 0) is 24.3 Å². The predicted molar refractivity (Wildman–Crippen MR) is 109 cm³/mol. The van der Waals surface area contributed by atoms with Crippen LogP contribution in [0.1, 0.15) is 22.5 Å². The molecule has 4 heterocycles. The average molecular weight is 421 g/mol. The molecular formula is C20H28N4O4S. The third-order valence-corrected chi connectivity index (χ3v) is 6.80. The molecule has 3 aliphatic rings. The normalized spacial score (nSPS) is 23.4. The number of nitrogens with zero attached hydrogens (tertiary/aromatic N) is 4. The number of rotatable bonds is 4. The number of thiophene rings is 1. The predicted octanol–water partition coefficient (Wildman–Crippen LogP) is 0.356. The van der Waals surface area contributed by atoms with E-state index in [1.165, 1.54) is 11.3 Å². The summed E-state index contributed by atoms with van der Waals surface area (Å²) in [6.45, 7) is 6.17. The van der Waals surface area contributed by atoms with Gasteiger partial charge in [0.05, 0.1) is 24.6 Å². The molecule has 0 saturated carbocycles. The largest absolute Gasteiger partial charge is 0.379 e. The fourth-order valence-electron chi connectivity index (χ4n) is 4.25. The van der Waals surface area contributed by atoms with Gasteiger partial charge >= 0.3 is 0 Å². The van der Waals surface area contributed by atoms with E-state index >= 15 is 0 Å². The highest BCUT2D eigenvalue weighted by Crippen LogP contribution is 2.24. The standard InChI is InChI=1S/C20H28N4O4S/c25-18(15-21-10-12-28-13-11-21)22-6-8-23(9-7-22)19(26)16-3-1-5-24(16)20(27)17-4-2-14-29-17/h2,4,14,16H,1,3,5-13,15H2/t16-/m0/s1. The van der Waals surface area contributed by atoms with Crippen LogP contribution in [0.4, 0.5) is 0 Å². The zero-order valence-electron chi connectivity index (χ0n) is 16.6. The van der Waals surface area contributed by atoms with Crippen LogP contribution in [0.3, 0.4) is 0 Å². The quantitative estimate of drug-likeness (QED) is 0.703. The van der Waals surface area contributed by atoms with Gasteiger partial charge in [0.25, 0.3) is 5.91 Å². The van der Waals surface area contributed by atoms with Crippen LogP contribution in [0.15, 0.2) is 17.5 Å². The molecule has 3 amide bonds. The molecule has 3 fully saturated rings. The van der Waals surface area contributed by atoms with E-state index in [0.29, 0.717) is 63.8 Å². The molecule has 4 rings (SSSR count). The van der Waals surface area contributed by atoms with Crippen molar-refractivity contribution in [2.45, 2.75) is 18.9 Å². The molecule has 0 aliphatic carbocycles. The molecule has 1 atom stereocenters. The van der Waals surface area contributed by atoms with Gasteiger partial charge in [0.1, 0.15) is 6.04 Å². The number of hydrogen-bond acceptors (Lipinski definition) is 6. The van der Waals surface area contributed by atoms with E-state index in [1.807, 2.05) is 27.3 Å². The zero-order chi connectivity index (χ0) is 20.2. The number of likely N-dealkylation sites (tertiary alicyclic amines) is 1. The van der Waals surface area contributed by atoms with E-state index in [9.17, 15) is 14.4 Å². The van der Waals surface area contributed by atoms with Crippen molar-refractivity contribution in [1.29, 1.82) is 0 Å². The van der Waals surface area contributed by atoms with Gasteiger partial charge in [-0.15, -0.1) is 11.3 Å². The van der Waals surface area contributed by atoms with E-state index in [2.05, 4.69) is 4.90 Å². The van der Waals surface area contributed by atoms with Crippen LogP contribution in [-0.2, 0) is 14.3 Å². The minimum atomic E-state index is -0.375. The Labute approximate surface area is 175 Å². The first-order valence-electron chi connectivity index (χ1n) is 10.3. The summed E-state index contributed by atoms with van der Waals surface area (Å²) >= 11 is 1.41. The summed E-state index contributed by atoms with van der Waals surface area (Å²) in [7, 11) is 0. The van der Waals surface area contributed by atoms with Crippen LogP contribution in [0.5, 0.6) is 0 Å². The monoisotopic (exact) mass is 420 g/mol. The Morgan fingerprint density at radius 2 is 1.72 bits per heavy atom. The summed E-state index contributed by atoms with van der Waals surface area (Å²) in [5.74, 6) is 0.0947. The number of carbonyl (C=O) groups excluding carboxylic acids is 3.